The fraction of sp³-hybridized carbons (Fsp3) is 0.240. The molecule has 2 aliphatic rings. The molecule has 4 atom stereocenters. The zero-order valence-electron chi connectivity index (χ0n) is 18.1. The van der Waals surface area contributed by atoms with E-state index in [1.165, 1.54) is 0 Å². The van der Waals surface area contributed by atoms with Gasteiger partial charge in [0, 0.05) is 37.3 Å². The average molecular weight is 543 g/mol. The van der Waals surface area contributed by atoms with Crippen molar-refractivity contribution in [3.63, 3.8) is 0 Å². The minimum Gasteiger partial charge on any atom is -0.489 e. The molecule has 1 saturated heterocycles. The number of amides is 1. The average Bonchev–Trinajstić information content (AvgIpc) is 3.27. The van der Waals surface area contributed by atoms with Crippen molar-refractivity contribution in [1.29, 1.82) is 0 Å². The maximum atomic E-state index is 13.3. The Balaban J connectivity index is 1.57. The summed E-state index contributed by atoms with van der Waals surface area (Å²) in [7, 11) is 0. The van der Waals surface area contributed by atoms with Crippen LogP contribution in [0.5, 0.6) is 5.75 Å². The SMILES string of the molecule is C[C@@H]1N[C@]2(C(=O)Nc3ccccc32)[C@@H]([N+](=O)[O-])[C@@H]1c1cc(Br)ccc1OCc1ccc(Cl)cc1. The van der Waals surface area contributed by atoms with Crippen LogP contribution in [0.1, 0.15) is 29.5 Å². The van der Waals surface area contributed by atoms with Crippen molar-refractivity contribution < 1.29 is 14.5 Å². The van der Waals surface area contributed by atoms with Gasteiger partial charge in [0.1, 0.15) is 12.4 Å². The molecule has 1 fully saturated rings. The quantitative estimate of drug-likeness (QED) is 0.339. The molecule has 0 bridgehead atoms. The Morgan fingerprint density at radius 3 is 2.62 bits per heavy atom. The monoisotopic (exact) mass is 541 g/mol. The minimum atomic E-state index is -1.47. The summed E-state index contributed by atoms with van der Waals surface area (Å²) >= 11 is 9.47. The van der Waals surface area contributed by atoms with E-state index < -0.39 is 23.4 Å². The van der Waals surface area contributed by atoms with Gasteiger partial charge in [-0.3, -0.25) is 20.2 Å². The lowest BCUT2D eigenvalue weighted by Crippen LogP contribution is -2.54. The van der Waals surface area contributed by atoms with Crippen LogP contribution in [0.15, 0.2) is 71.2 Å². The smallest absolute Gasteiger partial charge is 0.256 e. The number of carbonyl (C=O) groups excluding carboxylic acids is 1. The Morgan fingerprint density at radius 1 is 1.15 bits per heavy atom. The Hall–Kier alpha value is -2.94. The van der Waals surface area contributed by atoms with E-state index in [1.807, 2.05) is 31.2 Å². The molecule has 2 N–H and O–H groups in total. The molecule has 2 aliphatic heterocycles. The van der Waals surface area contributed by atoms with Crippen molar-refractivity contribution in [3.8, 4) is 5.75 Å². The summed E-state index contributed by atoms with van der Waals surface area (Å²) in [5, 5.41) is 19.3. The van der Waals surface area contributed by atoms with Crippen LogP contribution in [-0.2, 0) is 16.9 Å². The highest BCUT2D eigenvalue weighted by Gasteiger charge is 2.68. The summed E-state index contributed by atoms with van der Waals surface area (Å²) < 4.78 is 6.91. The third-order valence-corrected chi connectivity index (χ3v) is 7.35. The summed E-state index contributed by atoms with van der Waals surface area (Å²) in [6, 6.07) is 18.3. The lowest BCUT2D eigenvalue weighted by Gasteiger charge is -2.26. The van der Waals surface area contributed by atoms with Gasteiger partial charge in [-0.15, -0.1) is 0 Å². The van der Waals surface area contributed by atoms with E-state index in [0.29, 0.717) is 27.6 Å². The molecule has 1 spiro atoms. The van der Waals surface area contributed by atoms with E-state index in [4.69, 9.17) is 16.3 Å². The van der Waals surface area contributed by atoms with Crippen LogP contribution in [0.4, 0.5) is 5.69 Å². The third kappa shape index (κ3) is 3.66. The summed E-state index contributed by atoms with van der Waals surface area (Å²) in [6.07, 6.45) is 0. The van der Waals surface area contributed by atoms with E-state index in [2.05, 4.69) is 26.6 Å². The normalized spacial score (nSPS) is 25.3. The number of hydrogen-bond acceptors (Lipinski definition) is 5. The molecule has 9 heteroatoms. The Kier molecular flexibility index (Phi) is 5.83. The van der Waals surface area contributed by atoms with Gasteiger partial charge in [-0.2, -0.15) is 0 Å². The van der Waals surface area contributed by atoms with Crippen LogP contribution in [0.2, 0.25) is 5.02 Å². The number of rotatable bonds is 5. The van der Waals surface area contributed by atoms with Crippen LogP contribution >= 0.6 is 27.5 Å². The first-order valence-corrected chi connectivity index (χ1v) is 12.0. The summed E-state index contributed by atoms with van der Waals surface area (Å²) in [6.45, 7) is 2.14. The van der Waals surface area contributed by atoms with Gasteiger partial charge in [0.2, 0.25) is 0 Å². The molecule has 0 unspecified atom stereocenters. The first-order valence-electron chi connectivity index (χ1n) is 10.8. The highest BCUT2D eigenvalue weighted by Crippen LogP contribution is 2.51. The standard InChI is InChI=1S/C25H21BrClN3O4/c1-14-22(18-12-16(26)8-11-21(18)34-13-15-6-9-17(27)10-7-15)23(30(32)33)25(29-14)19-4-2-3-5-20(19)28-24(25)31/h2-12,14,22-23,29H,13H2,1H3,(H,28,31)/t14-,22-,23-,25-/m0/s1. The molecule has 3 aromatic rings. The van der Waals surface area contributed by atoms with E-state index in [0.717, 1.165) is 10.0 Å². The molecule has 1 amide bonds. The zero-order chi connectivity index (χ0) is 24.0. The molecule has 174 valence electrons. The molecule has 7 nitrogen and oxygen atoms in total. The van der Waals surface area contributed by atoms with Gasteiger partial charge >= 0.3 is 0 Å². The lowest BCUT2D eigenvalue weighted by molar-refractivity contribution is -0.532. The predicted molar refractivity (Wildman–Crippen MR) is 133 cm³/mol. The number of nitrogens with one attached hydrogen (secondary N) is 2. The van der Waals surface area contributed by atoms with Gasteiger partial charge in [-0.05, 0) is 48.9 Å². The molecule has 5 rings (SSSR count). The van der Waals surface area contributed by atoms with Gasteiger partial charge in [-0.25, -0.2) is 0 Å². The van der Waals surface area contributed by atoms with E-state index in [-0.39, 0.29) is 17.6 Å². The molecular formula is C25H21BrClN3O4. The highest BCUT2D eigenvalue weighted by atomic mass is 79.9. The Bertz CT molecular complexity index is 1290. The Labute approximate surface area is 209 Å². The predicted octanol–water partition coefficient (Wildman–Crippen LogP) is 5.25. The molecule has 0 aliphatic carbocycles. The van der Waals surface area contributed by atoms with Crippen LogP contribution in [0, 0.1) is 10.1 Å². The van der Waals surface area contributed by atoms with Gasteiger partial charge in [0.05, 0.1) is 5.92 Å². The molecular weight excluding hydrogens is 522 g/mol. The van der Waals surface area contributed by atoms with Crippen LogP contribution in [0.25, 0.3) is 0 Å². The number of para-hydroxylation sites is 1. The Morgan fingerprint density at radius 2 is 1.88 bits per heavy atom. The van der Waals surface area contributed by atoms with Crippen molar-refractivity contribution >= 4 is 39.1 Å². The molecule has 34 heavy (non-hydrogen) atoms. The number of benzene rings is 3. The van der Waals surface area contributed by atoms with Crippen molar-refractivity contribution in [2.75, 3.05) is 5.32 Å². The molecule has 0 radical (unpaired) electrons. The van der Waals surface area contributed by atoms with Crippen LogP contribution in [0.3, 0.4) is 0 Å². The van der Waals surface area contributed by atoms with Crippen molar-refractivity contribution in [3.05, 3.63) is 103 Å². The fourth-order valence-corrected chi connectivity index (χ4v) is 5.68. The number of fused-ring (bicyclic) bond motifs is 2. The van der Waals surface area contributed by atoms with Crippen molar-refractivity contribution in [1.82, 2.24) is 5.32 Å². The van der Waals surface area contributed by atoms with E-state index >= 15 is 0 Å². The van der Waals surface area contributed by atoms with Crippen molar-refractivity contribution in [2.45, 2.75) is 37.1 Å². The number of ether oxygens (including phenoxy) is 1. The van der Waals surface area contributed by atoms with Crippen LogP contribution < -0.4 is 15.4 Å². The maximum Gasteiger partial charge on any atom is 0.256 e. The van der Waals surface area contributed by atoms with Gasteiger partial charge < -0.3 is 10.1 Å². The molecule has 2 heterocycles. The molecule has 0 aromatic heterocycles. The summed E-state index contributed by atoms with van der Waals surface area (Å²) in [4.78, 5) is 25.5. The zero-order valence-corrected chi connectivity index (χ0v) is 20.5. The topological polar surface area (TPSA) is 93.5 Å². The maximum absolute atomic E-state index is 13.3. The number of halogens is 2. The minimum absolute atomic E-state index is 0.276. The summed E-state index contributed by atoms with van der Waals surface area (Å²) in [5.74, 6) is -0.500. The van der Waals surface area contributed by atoms with Crippen molar-refractivity contribution in [2.24, 2.45) is 0 Å². The first kappa shape index (κ1) is 22.8. The number of nitrogens with zero attached hydrogens (tertiary/aromatic N) is 1. The summed E-state index contributed by atoms with van der Waals surface area (Å²) in [5.41, 5.74) is 1.30. The van der Waals surface area contributed by atoms with Gasteiger partial charge in [0.15, 0.2) is 5.54 Å². The van der Waals surface area contributed by atoms with Gasteiger partial charge in [-0.1, -0.05) is 57.9 Å². The first-order chi connectivity index (χ1) is 16.3. The molecule has 0 saturated carbocycles. The number of carbonyl (C=O) groups is 1. The van der Waals surface area contributed by atoms with Crippen LogP contribution in [-0.4, -0.2) is 22.9 Å². The third-order valence-electron chi connectivity index (χ3n) is 6.60. The number of anilines is 1. The van der Waals surface area contributed by atoms with Gasteiger partial charge in [0.25, 0.3) is 11.9 Å². The largest absolute Gasteiger partial charge is 0.489 e. The number of nitro groups is 1. The lowest BCUT2D eigenvalue weighted by atomic mass is 9.78. The molecule has 3 aromatic carbocycles. The van der Waals surface area contributed by atoms with E-state index in [9.17, 15) is 14.9 Å². The second-order valence-corrected chi connectivity index (χ2v) is 9.95. The van der Waals surface area contributed by atoms with E-state index in [1.54, 1.807) is 42.5 Å². The number of hydrogen-bond donors (Lipinski definition) is 2. The fourth-order valence-electron chi connectivity index (χ4n) is 5.17. The second kappa shape index (κ2) is 8.69. The second-order valence-electron chi connectivity index (χ2n) is 8.59. The highest BCUT2D eigenvalue weighted by molar-refractivity contribution is 9.10.